The number of carbonyl (C=O) groups excluding carboxylic acids is 2. The normalized spacial score (nSPS) is 11.8. The van der Waals surface area contributed by atoms with E-state index in [-0.39, 0.29) is 53.7 Å². The second-order valence-corrected chi connectivity index (χ2v) is 20.0. The number of halogens is 3. The quantitative estimate of drug-likeness (QED) is 0.0524. The van der Waals surface area contributed by atoms with Gasteiger partial charge >= 0.3 is 11.9 Å². The maximum atomic E-state index is 12.8. The summed E-state index contributed by atoms with van der Waals surface area (Å²) in [5, 5.41) is 0. The van der Waals surface area contributed by atoms with Crippen molar-refractivity contribution in [2.24, 2.45) is 0 Å². The molecule has 0 bridgehead atoms. The molecular weight excluding hydrogens is 857 g/mol. The lowest BCUT2D eigenvalue weighted by Gasteiger charge is -2.30. The SMILES string of the molecule is Cc1ccc(C(C)C)c(OC(=O)C[N+](C)(C)CCCCCCCCCC[N+](C)(C)CCCCCCCCCC[N+](C)(C)CC(=O)Oc2cc(C(C)C)ccc2C)c1.[Br-].[Cl-].[Cl-]. The van der Waals surface area contributed by atoms with Crippen molar-refractivity contribution in [1.29, 1.82) is 0 Å². The molecule has 60 heavy (non-hydrogen) atoms. The first kappa shape index (κ1) is 60.4. The Balaban J connectivity index is 0. The summed E-state index contributed by atoms with van der Waals surface area (Å²) in [6.07, 6.45) is 20.7. The van der Waals surface area contributed by atoms with Gasteiger partial charge in [0.05, 0.1) is 68.5 Å². The summed E-state index contributed by atoms with van der Waals surface area (Å²) in [5.74, 6) is 1.87. The van der Waals surface area contributed by atoms with E-state index in [1.54, 1.807) is 0 Å². The van der Waals surface area contributed by atoms with Crippen LogP contribution in [0.1, 0.15) is 165 Å². The molecule has 348 valence electrons. The van der Waals surface area contributed by atoms with Crippen molar-refractivity contribution in [3.05, 3.63) is 58.7 Å². The van der Waals surface area contributed by atoms with Crippen molar-refractivity contribution in [2.75, 3.05) is 81.6 Å². The number of esters is 2. The maximum absolute atomic E-state index is 12.8. The third-order valence-electron chi connectivity index (χ3n) is 11.8. The summed E-state index contributed by atoms with van der Waals surface area (Å²) in [4.78, 5) is 25.6. The Hall–Kier alpha value is -1.68. The van der Waals surface area contributed by atoms with Gasteiger partial charge in [0.1, 0.15) is 11.5 Å². The van der Waals surface area contributed by atoms with Gasteiger partial charge in [-0.25, -0.2) is 9.59 Å². The molecule has 0 amide bonds. The van der Waals surface area contributed by atoms with Crippen molar-refractivity contribution in [3.8, 4) is 11.5 Å². The molecule has 0 fully saturated rings. The van der Waals surface area contributed by atoms with Crippen LogP contribution in [0.4, 0.5) is 0 Å². The molecule has 0 aliphatic heterocycles. The van der Waals surface area contributed by atoms with Gasteiger partial charge in [0, 0.05) is 0 Å². The van der Waals surface area contributed by atoms with Crippen LogP contribution < -0.4 is 51.3 Å². The van der Waals surface area contributed by atoms with Crippen LogP contribution in [0, 0.1) is 13.8 Å². The lowest BCUT2D eigenvalue weighted by Crippen LogP contribution is -3.00. The van der Waals surface area contributed by atoms with E-state index in [0.717, 1.165) is 52.9 Å². The molecule has 2 aromatic rings. The third kappa shape index (κ3) is 26.7. The number of aryl methyl sites for hydroxylation is 2. The Morgan fingerprint density at radius 1 is 0.483 bits per heavy atom. The predicted molar refractivity (Wildman–Crippen MR) is 241 cm³/mol. The fraction of sp³-hybridized carbons (Fsp3) is 0.720. The summed E-state index contributed by atoms with van der Waals surface area (Å²) >= 11 is 0. The van der Waals surface area contributed by atoms with Gasteiger partial charge in [-0.1, -0.05) is 103 Å². The van der Waals surface area contributed by atoms with Crippen LogP contribution in [-0.2, 0) is 9.59 Å². The van der Waals surface area contributed by atoms with E-state index in [4.69, 9.17) is 9.47 Å². The lowest BCUT2D eigenvalue weighted by molar-refractivity contribution is -0.890. The second kappa shape index (κ2) is 31.2. The molecule has 10 heteroatoms. The molecule has 0 aromatic heterocycles. The Kier molecular flexibility index (Phi) is 31.4. The summed E-state index contributed by atoms with van der Waals surface area (Å²) in [6.45, 7) is 18.0. The molecular formula is C50H88BrCl2N3O4. The first-order chi connectivity index (χ1) is 26.8. The second-order valence-electron chi connectivity index (χ2n) is 20.0. The first-order valence-electron chi connectivity index (χ1n) is 22.9. The Morgan fingerprint density at radius 2 is 0.850 bits per heavy atom. The number of benzene rings is 2. The molecule has 2 rings (SSSR count). The Bertz CT molecular complexity index is 1480. The fourth-order valence-electron chi connectivity index (χ4n) is 7.85. The lowest BCUT2D eigenvalue weighted by atomic mass is 10.0. The highest BCUT2D eigenvalue weighted by Gasteiger charge is 2.24. The van der Waals surface area contributed by atoms with Gasteiger partial charge in [-0.2, -0.15) is 0 Å². The van der Waals surface area contributed by atoms with Gasteiger partial charge < -0.3 is 64.7 Å². The van der Waals surface area contributed by atoms with Gasteiger partial charge in [0.15, 0.2) is 13.1 Å². The van der Waals surface area contributed by atoms with Gasteiger partial charge in [0.25, 0.3) is 0 Å². The van der Waals surface area contributed by atoms with E-state index in [1.165, 1.54) is 109 Å². The number of nitrogens with zero attached hydrogens (tertiary/aromatic N) is 3. The Labute approximate surface area is 392 Å². The van der Waals surface area contributed by atoms with Crippen LogP contribution in [-0.4, -0.2) is 107 Å². The largest absolute Gasteiger partial charge is 1.00 e. The predicted octanol–water partition coefficient (Wildman–Crippen LogP) is 2.54. The van der Waals surface area contributed by atoms with Crippen molar-refractivity contribution in [2.45, 2.75) is 156 Å². The van der Waals surface area contributed by atoms with Crippen molar-refractivity contribution in [3.63, 3.8) is 0 Å². The van der Waals surface area contributed by atoms with E-state index < -0.39 is 0 Å². The van der Waals surface area contributed by atoms with E-state index >= 15 is 0 Å². The third-order valence-corrected chi connectivity index (χ3v) is 11.8. The minimum absolute atomic E-state index is 0. The average Bonchev–Trinajstić information content (AvgIpc) is 3.10. The summed E-state index contributed by atoms with van der Waals surface area (Å²) in [6, 6.07) is 12.3. The standard InChI is InChI=1S/C50H88N3O4.BrH.2ClH/c1-41(2)45-31-30-44(6)47(38-45)56-49(54)39-52(9,10)35-27-23-19-15-13-17-21-25-33-51(7,8)34-26-22-18-14-16-20-24-28-36-53(11,12)40-50(55)57-48-37-43(5)29-32-46(48)42(3)4;;;/h29-32,37-38,41-42H,13-28,33-36,39-40H2,1-12H3;3*1H/q+3;;;/p-3. The fourth-order valence-corrected chi connectivity index (χ4v) is 7.85. The van der Waals surface area contributed by atoms with E-state index in [9.17, 15) is 9.59 Å². The number of hydrogen-bond donors (Lipinski definition) is 0. The topological polar surface area (TPSA) is 52.6 Å². The van der Waals surface area contributed by atoms with Crippen LogP contribution in [0.2, 0.25) is 0 Å². The molecule has 2 aromatic carbocycles. The highest BCUT2D eigenvalue weighted by atomic mass is 79.9. The summed E-state index contributed by atoms with van der Waals surface area (Å²) in [7, 11) is 13.4. The van der Waals surface area contributed by atoms with Crippen LogP contribution in [0.25, 0.3) is 0 Å². The molecule has 0 radical (unpaired) electrons. The van der Waals surface area contributed by atoms with Crippen LogP contribution in [0.3, 0.4) is 0 Å². The van der Waals surface area contributed by atoms with Gasteiger partial charge in [0.2, 0.25) is 0 Å². The number of carbonyl (C=O) groups is 2. The average molecular weight is 946 g/mol. The van der Waals surface area contributed by atoms with Crippen molar-refractivity contribution < 1.29 is 74.3 Å². The van der Waals surface area contributed by atoms with Gasteiger partial charge in [-0.3, -0.25) is 0 Å². The molecule has 0 atom stereocenters. The number of unbranched alkanes of at least 4 members (excludes halogenated alkanes) is 14. The molecule has 0 aliphatic carbocycles. The molecule has 0 N–H and O–H groups in total. The van der Waals surface area contributed by atoms with Crippen molar-refractivity contribution in [1.82, 2.24) is 0 Å². The minimum Gasteiger partial charge on any atom is -1.00 e. The molecule has 0 heterocycles. The molecule has 0 spiro atoms. The first-order valence-corrected chi connectivity index (χ1v) is 22.9. The minimum atomic E-state index is -0.141. The number of ether oxygens (including phenoxy) is 2. The molecule has 0 saturated heterocycles. The number of likely N-dealkylation sites (N-methyl/N-ethyl adjacent to an activating group) is 2. The van der Waals surface area contributed by atoms with Gasteiger partial charge in [-0.15, -0.1) is 0 Å². The highest BCUT2D eigenvalue weighted by Crippen LogP contribution is 2.28. The zero-order valence-electron chi connectivity index (χ0n) is 40.3. The highest BCUT2D eigenvalue weighted by molar-refractivity contribution is 5.74. The van der Waals surface area contributed by atoms with Gasteiger partial charge in [-0.05, 0) is 111 Å². The Morgan fingerprint density at radius 3 is 1.23 bits per heavy atom. The van der Waals surface area contributed by atoms with Crippen molar-refractivity contribution >= 4 is 11.9 Å². The molecule has 0 aliphatic rings. The van der Waals surface area contributed by atoms with E-state index in [2.05, 4.69) is 88.2 Å². The number of hydrogen-bond acceptors (Lipinski definition) is 4. The van der Waals surface area contributed by atoms with E-state index in [0.29, 0.717) is 39.6 Å². The van der Waals surface area contributed by atoms with Crippen LogP contribution >= 0.6 is 0 Å². The smallest absolute Gasteiger partial charge is 0.367 e. The summed E-state index contributed by atoms with van der Waals surface area (Å²) in [5.41, 5.74) is 4.42. The molecule has 7 nitrogen and oxygen atoms in total. The van der Waals surface area contributed by atoms with Crippen LogP contribution in [0.5, 0.6) is 11.5 Å². The number of rotatable bonds is 30. The zero-order chi connectivity index (χ0) is 42.5. The van der Waals surface area contributed by atoms with Crippen LogP contribution in [0.15, 0.2) is 36.4 Å². The molecule has 0 unspecified atom stereocenters. The van der Waals surface area contributed by atoms with E-state index in [1.807, 2.05) is 32.0 Å². The number of quaternary nitrogens is 3. The molecule has 0 saturated carbocycles. The monoisotopic (exact) mass is 944 g/mol. The summed E-state index contributed by atoms with van der Waals surface area (Å²) < 4.78 is 14.1. The zero-order valence-corrected chi connectivity index (χ0v) is 43.4. The maximum Gasteiger partial charge on any atom is 0.367 e.